The molecule has 10 rings (SSSR count). The van der Waals surface area contributed by atoms with Gasteiger partial charge in [-0.05, 0) is 83.6 Å². The Kier molecular flexibility index (Phi) is 5.22. The van der Waals surface area contributed by atoms with E-state index in [2.05, 4.69) is 111 Å². The van der Waals surface area contributed by atoms with E-state index < -0.39 is 0 Å². The van der Waals surface area contributed by atoms with Crippen molar-refractivity contribution in [1.29, 1.82) is 0 Å². The molecule has 0 bridgehead atoms. The summed E-state index contributed by atoms with van der Waals surface area (Å²) in [5.41, 5.74) is 14.9. The lowest BCUT2D eigenvalue weighted by Crippen LogP contribution is -2.57. The Balaban J connectivity index is 1.34. The monoisotopic (exact) mass is 590 g/mol. The molecule has 0 saturated carbocycles. The van der Waals surface area contributed by atoms with Gasteiger partial charge in [-0.3, -0.25) is 0 Å². The molecule has 0 unspecified atom stereocenters. The number of rotatable bonds is 4. The van der Waals surface area contributed by atoms with E-state index in [-0.39, 0.29) is 6.71 Å². The summed E-state index contributed by atoms with van der Waals surface area (Å²) in [5.74, 6) is 3.44. The van der Waals surface area contributed by atoms with Crippen molar-refractivity contribution in [3.63, 3.8) is 0 Å². The molecule has 0 atom stereocenters. The zero-order valence-corrected chi connectivity index (χ0v) is 25.4. The summed E-state index contributed by atoms with van der Waals surface area (Å²) in [6.07, 6.45) is 0. The quantitative estimate of drug-likeness (QED) is 0.192. The Morgan fingerprint density at radius 3 is 1.41 bits per heavy atom. The number of hydrogen-bond acceptors (Lipinski definition) is 3. The molecule has 0 aliphatic carbocycles. The number of ether oxygens (including phenoxy) is 1. The van der Waals surface area contributed by atoms with E-state index >= 15 is 0 Å². The van der Waals surface area contributed by atoms with Gasteiger partial charge in [-0.25, -0.2) is 0 Å². The third-order valence-corrected chi connectivity index (χ3v) is 9.79. The van der Waals surface area contributed by atoms with Crippen molar-refractivity contribution < 1.29 is 13.6 Å². The molecule has 0 saturated heterocycles. The molecule has 216 valence electrons. The second-order valence-corrected chi connectivity index (χ2v) is 12.5. The van der Waals surface area contributed by atoms with Crippen LogP contribution in [0.2, 0.25) is 0 Å². The second kappa shape index (κ2) is 9.39. The molecule has 2 aliphatic heterocycles. The summed E-state index contributed by atoms with van der Waals surface area (Å²) >= 11 is 0. The summed E-state index contributed by atoms with van der Waals surface area (Å²) in [7, 11) is 0. The summed E-state index contributed by atoms with van der Waals surface area (Å²) in [6.45, 7) is 4.16. The lowest BCUT2D eigenvalue weighted by atomic mass is 9.31. The molecule has 0 spiro atoms. The molecule has 2 aromatic heterocycles. The Morgan fingerprint density at radius 2 is 0.935 bits per heavy atom. The first-order valence-corrected chi connectivity index (χ1v) is 15.8. The summed E-state index contributed by atoms with van der Waals surface area (Å²) in [6, 6.07) is 44.8. The number of hydrogen-bond donors (Lipinski definition) is 0. The van der Waals surface area contributed by atoms with Crippen molar-refractivity contribution in [3.8, 4) is 56.0 Å². The van der Waals surface area contributed by atoms with Crippen molar-refractivity contribution in [2.24, 2.45) is 0 Å². The van der Waals surface area contributed by atoms with Gasteiger partial charge in [0.1, 0.15) is 34.2 Å². The van der Waals surface area contributed by atoms with Gasteiger partial charge in [0.25, 0.3) is 0 Å². The van der Waals surface area contributed by atoms with Crippen molar-refractivity contribution >= 4 is 45.0 Å². The minimum Gasteiger partial charge on any atom is -0.461 e. The van der Waals surface area contributed by atoms with E-state index in [1.807, 2.05) is 30.3 Å². The number of furan rings is 2. The van der Waals surface area contributed by atoms with Crippen LogP contribution in [0.25, 0.3) is 66.4 Å². The van der Waals surface area contributed by atoms with Gasteiger partial charge in [0.15, 0.2) is 0 Å². The smallest absolute Gasteiger partial charge is 0.244 e. The number of para-hydroxylation sites is 1. The van der Waals surface area contributed by atoms with E-state index in [0.717, 1.165) is 67.6 Å². The van der Waals surface area contributed by atoms with Gasteiger partial charge >= 0.3 is 0 Å². The van der Waals surface area contributed by atoms with Crippen LogP contribution in [0.15, 0.2) is 136 Å². The van der Waals surface area contributed by atoms with Crippen LogP contribution in [0.1, 0.15) is 11.5 Å². The number of fused-ring (bicyclic) bond motifs is 4. The van der Waals surface area contributed by atoms with Crippen LogP contribution in [-0.2, 0) is 0 Å². The summed E-state index contributed by atoms with van der Waals surface area (Å²) in [5, 5.41) is 2.36. The minimum absolute atomic E-state index is 0.0119. The van der Waals surface area contributed by atoms with Gasteiger partial charge < -0.3 is 13.6 Å². The average Bonchev–Trinajstić information content (AvgIpc) is 3.61. The molecule has 4 heteroatoms. The van der Waals surface area contributed by atoms with Crippen LogP contribution in [0, 0.1) is 13.8 Å². The predicted molar refractivity (Wildman–Crippen MR) is 188 cm³/mol. The average molecular weight is 590 g/mol. The Hall–Kier alpha value is -5.74. The maximum absolute atomic E-state index is 6.63. The largest absolute Gasteiger partial charge is 0.461 e. The fourth-order valence-electron chi connectivity index (χ4n) is 7.97. The van der Waals surface area contributed by atoms with Gasteiger partial charge in [-0.15, -0.1) is 0 Å². The fraction of sp³-hybridized carbons (Fsp3) is 0.0476. The molecular weight excluding hydrogens is 563 g/mol. The highest BCUT2D eigenvalue weighted by atomic mass is 16.5. The van der Waals surface area contributed by atoms with E-state index in [0.29, 0.717) is 0 Å². The normalized spacial score (nSPS) is 12.5. The molecule has 0 amide bonds. The first-order valence-electron chi connectivity index (χ1n) is 15.8. The standard InChI is InChI=1S/C42H27BO3/c1-24-38-32-22-31(46-30-16-10-5-11-17-30)23-33-39-25(2)45-37-21-29(27-14-8-4-9-15-27)19-35(41(37)39)43(42(32)33)34-18-28(20-36(44-24)40(34)38)26-12-6-3-7-13-26/h3-23H,1-2H3. The van der Waals surface area contributed by atoms with Crippen molar-refractivity contribution in [3.05, 3.63) is 139 Å². The van der Waals surface area contributed by atoms with Crippen molar-refractivity contribution in [1.82, 2.24) is 0 Å². The van der Waals surface area contributed by atoms with Crippen LogP contribution < -0.4 is 21.1 Å². The molecule has 0 N–H and O–H groups in total. The van der Waals surface area contributed by atoms with E-state index in [1.54, 1.807) is 0 Å². The number of benzene rings is 6. The van der Waals surface area contributed by atoms with Gasteiger partial charge in [-0.1, -0.05) is 107 Å². The molecule has 8 aromatic rings. The lowest BCUT2D eigenvalue weighted by molar-refractivity contribution is 0.483. The SMILES string of the molecule is Cc1oc2cc(-c3ccccc3)cc3c2c1-c1cc(Oc2ccccc2)cc2c1B3c1cc(-c3ccccc3)cc3oc(C)c-2c13. The lowest BCUT2D eigenvalue weighted by Gasteiger charge is -2.32. The molecule has 0 fully saturated rings. The minimum atomic E-state index is -0.0119. The first kappa shape index (κ1) is 25.6. The molecular formula is C42H27BO3. The van der Waals surface area contributed by atoms with E-state index in [1.165, 1.54) is 38.3 Å². The molecule has 3 nitrogen and oxygen atoms in total. The zero-order valence-electron chi connectivity index (χ0n) is 25.4. The summed E-state index contributed by atoms with van der Waals surface area (Å²) in [4.78, 5) is 0. The molecule has 46 heavy (non-hydrogen) atoms. The predicted octanol–water partition coefficient (Wildman–Crippen LogP) is 9.40. The van der Waals surface area contributed by atoms with Crippen molar-refractivity contribution in [2.75, 3.05) is 0 Å². The third kappa shape index (κ3) is 3.55. The van der Waals surface area contributed by atoms with Crippen LogP contribution in [0.4, 0.5) is 0 Å². The zero-order chi connectivity index (χ0) is 30.5. The van der Waals surface area contributed by atoms with Gasteiger partial charge in [0.05, 0.1) is 0 Å². The Morgan fingerprint density at radius 1 is 0.478 bits per heavy atom. The Bertz CT molecular complexity index is 2350. The topological polar surface area (TPSA) is 35.5 Å². The highest BCUT2D eigenvalue weighted by molar-refractivity contribution is 7.01. The molecule has 0 radical (unpaired) electrons. The van der Waals surface area contributed by atoms with Crippen LogP contribution in [0.5, 0.6) is 11.5 Å². The highest BCUT2D eigenvalue weighted by Gasteiger charge is 2.42. The van der Waals surface area contributed by atoms with Gasteiger partial charge in [0.2, 0.25) is 6.71 Å². The van der Waals surface area contributed by atoms with E-state index in [4.69, 9.17) is 13.6 Å². The molecule has 4 heterocycles. The Labute approximate surface area is 266 Å². The van der Waals surface area contributed by atoms with Crippen LogP contribution in [0.3, 0.4) is 0 Å². The first-order chi connectivity index (χ1) is 22.6. The highest BCUT2D eigenvalue weighted by Crippen LogP contribution is 2.46. The maximum Gasteiger partial charge on any atom is 0.244 e. The van der Waals surface area contributed by atoms with E-state index in [9.17, 15) is 0 Å². The third-order valence-electron chi connectivity index (χ3n) is 9.79. The van der Waals surface area contributed by atoms with Crippen molar-refractivity contribution in [2.45, 2.75) is 13.8 Å². The fourth-order valence-corrected chi connectivity index (χ4v) is 7.97. The molecule has 6 aromatic carbocycles. The summed E-state index contributed by atoms with van der Waals surface area (Å²) < 4.78 is 19.8. The molecule has 2 aliphatic rings. The van der Waals surface area contributed by atoms with Gasteiger partial charge in [-0.2, -0.15) is 0 Å². The van der Waals surface area contributed by atoms with Gasteiger partial charge in [0, 0.05) is 21.9 Å². The maximum atomic E-state index is 6.63. The number of aryl methyl sites for hydroxylation is 2. The van der Waals surface area contributed by atoms with Crippen LogP contribution in [-0.4, -0.2) is 6.71 Å². The second-order valence-electron chi connectivity index (χ2n) is 12.5. The van der Waals surface area contributed by atoms with Crippen LogP contribution >= 0.6 is 0 Å².